The van der Waals surface area contributed by atoms with Crippen molar-refractivity contribution in [3.05, 3.63) is 28.7 Å². The minimum absolute atomic E-state index is 0.00973. The van der Waals surface area contributed by atoms with Crippen LogP contribution in [0.25, 0.3) is 0 Å². The molecule has 0 spiro atoms. The van der Waals surface area contributed by atoms with Crippen LogP contribution in [0, 0.1) is 5.92 Å². The molecule has 0 unspecified atom stereocenters. The van der Waals surface area contributed by atoms with E-state index in [0.717, 1.165) is 36.5 Å². The van der Waals surface area contributed by atoms with Gasteiger partial charge in [-0.25, -0.2) is 0 Å². The molecular weight excluding hydrogens is 398 g/mol. The van der Waals surface area contributed by atoms with Crippen molar-refractivity contribution in [1.82, 2.24) is 10.2 Å². The number of halogens is 1. The number of rotatable bonds is 5. The molecule has 142 valence electrons. The molecule has 1 aromatic rings. The van der Waals surface area contributed by atoms with Crippen LogP contribution in [0.5, 0.6) is 0 Å². The fourth-order valence-corrected chi connectivity index (χ4v) is 4.01. The van der Waals surface area contributed by atoms with E-state index in [1.54, 1.807) is 4.90 Å². The summed E-state index contributed by atoms with van der Waals surface area (Å²) in [4.78, 5) is 29.1. The summed E-state index contributed by atoms with van der Waals surface area (Å²) in [6.45, 7) is 8.46. The molecule has 0 aromatic heterocycles. The van der Waals surface area contributed by atoms with Gasteiger partial charge in [0.15, 0.2) is 0 Å². The van der Waals surface area contributed by atoms with Gasteiger partial charge < -0.3 is 15.0 Å². The van der Waals surface area contributed by atoms with E-state index in [4.69, 9.17) is 4.74 Å². The van der Waals surface area contributed by atoms with Crippen molar-refractivity contribution >= 4 is 33.4 Å². The van der Waals surface area contributed by atoms with Crippen molar-refractivity contribution in [2.45, 2.75) is 25.8 Å². The second kappa shape index (κ2) is 8.06. The predicted octanol–water partition coefficient (Wildman–Crippen LogP) is 2.03. The van der Waals surface area contributed by atoms with Crippen LogP contribution in [-0.4, -0.2) is 61.6 Å². The second-order valence-electron chi connectivity index (χ2n) is 7.49. The van der Waals surface area contributed by atoms with Crippen molar-refractivity contribution in [2.24, 2.45) is 5.92 Å². The Kier molecular flexibility index (Phi) is 5.99. The molecule has 6 nitrogen and oxygen atoms in total. The minimum Gasteiger partial charge on any atom is -0.379 e. The molecule has 7 heteroatoms. The Morgan fingerprint density at radius 2 is 2.00 bits per heavy atom. The fourth-order valence-electron chi connectivity index (χ4n) is 3.51. The lowest BCUT2D eigenvalue weighted by molar-refractivity contribution is -0.127. The number of nitrogens with zero attached hydrogens (tertiary/aromatic N) is 2. The van der Waals surface area contributed by atoms with Gasteiger partial charge in [-0.05, 0) is 41.9 Å². The molecule has 0 aliphatic carbocycles. The van der Waals surface area contributed by atoms with Crippen LogP contribution in [0.1, 0.15) is 20.3 Å². The molecule has 3 rings (SSSR count). The third kappa shape index (κ3) is 4.27. The number of hydrogen-bond acceptors (Lipinski definition) is 4. The molecule has 0 bridgehead atoms. The topological polar surface area (TPSA) is 61.9 Å². The van der Waals surface area contributed by atoms with E-state index >= 15 is 0 Å². The third-order valence-corrected chi connectivity index (χ3v) is 5.87. The highest BCUT2D eigenvalue weighted by atomic mass is 79.9. The van der Waals surface area contributed by atoms with E-state index in [1.807, 2.05) is 24.3 Å². The number of ether oxygens (including phenoxy) is 1. The van der Waals surface area contributed by atoms with Gasteiger partial charge in [-0.1, -0.05) is 12.1 Å². The maximum Gasteiger partial charge on any atom is 0.227 e. The van der Waals surface area contributed by atoms with Crippen molar-refractivity contribution in [2.75, 3.05) is 44.3 Å². The van der Waals surface area contributed by atoms with Crippen molar-refractivity contribution in [3.63, 3.8) is 0 Å². The summed E-state index contributed by atoms with van der Waals surface area (Å²) >= 11 is 3.48. The van der Waals surface area contributed by atoms with Crippen LogP contribution < -0.4 is 10.2 Å². The maximum absolute atomic E-state index is 12.6. The zero-order valence-electron chi connectivity index (χ0n) is 15.3. The van der Waals surface area contributed by atoms with Gasteiger partial charge in [-0.3, -0.25) is 14.5 Å². The Labute approximate surface area is 163 Å². The van der Waals surface area contributed by atoms with Gasteiger partial charge in [0.1, 0.15) is 0 Å². The van der Waals surface area contributed by atoms with E-state index in [2.05, 4.69) is 40.0 Å². The molecule has 0 saturated carbocycles. The number of benzene rings is 1. The van der Waals surface area contributed by atoms with Crippen LogP contribution in [0.3, 0.4) is 0 Å². The highest BCUT2D eigenvalue weighted by molar-refractivity contribution is 9.10. The Bertz CT molecular complexity index is 674. The summed E-state index contributed by atoms with van der Waals surface area (Å²) in [5, 5.41) is 3.06. The summed E-state index contributed by atoms with van der Waals surface area (Å²) in [6, 6.07) is 7.60. The highest BCUT2D eigenvalue weighted by Gasteiger charge is 2.37. The Morgan fingerprint density at radius 1 is 1.31 bits per heavy atom. The average molecular weight is 424 g/mol. The number of amides is 2. The first kappa shape index (κ1) is 19.3. The molecule has 2 amide bonds. The first-order valence-corrected chi connectivity index (χ1v) is 9.83. The largest absolute Gasteiger partial charge is 0.379 e. The number of hydrogen-bond donors (Lipinski definition) is 1. The quantitative estimate of drug-likeness (QED) is 0.786. The number of anilines is 1. The summed E-state index contributed by atoms with van der Waals surface area (Å²) in [6.07, 6.45) is 0.255. The molecule has 26 heavy (non-hydrogen) atoms. The normalized spacial score (nSPS) is 21.9. The standard InChI is InChI=1S/C19H26BrN3O3/c1-19(2,22-7-9-26-10-8-22)13-21-18(25)14-11-17(24)23(12-14)16-6-4-3-5-15(16)20/h3-6,14H,7-13H2,1-2H3,(H,21,25)/t14-/m1/s1. The van der Waals surface area contributed by atoms with E-state index < -0.39 is 0 Å². The Hall–Kier alpha value is -1.44. The van der Waals surface area contributed by atoms with Crippen molar-refractivity contribution in [1.29, 1.82) is 0 Å². The highest BCUT2D eigenvalue weighted by Crippen LogP contribution is 2.31. The van der Waals surface area contributed by atoms with Gasteiger partial charge in [-0.15, -0.1) is 0 Å². The van der Waals surface area contributed by atoms with E-state index in [0.29, 0.717) is 13.1 Å². The van der Waals surface area contributed by atoms with Gasteiger partial charge in [0.2, 0.25) is 11.8 Å². The first-order valence-electron chi connectivity index (χ1n) is 9.04. The van der Waals surface area contributed by atoms with Gasteiger partial charge in [0.05, 0.1) is 24.8 Å². The maximum atomic E-state index is 12.6. The van der Waals surface area contributed by atoms with Crippen molar-refractivity contribution in [3.8, 4) is 0 Å². The fraction of sp³-hybridized carbons (Fsp3) is 0.579. The van der Waals surface area contributed by atoms with Crippen LogP contribution in [0.4, 0.5) is 5.69 Å². The molecule has 2 fully saturated rings. The molecule has 2 aliphatic heterocycles. The number of morpholine rings is 1. The predicted molar refractivity (Wildman–Crippen MR) is 104 cm³/mol. The summed E-state index contributed by atoms with van der Waals surface area (Å²) in [5.74, 6) is -0.367. The molecule has 2 saturated heterocycles. The van der Waals surface area contributed by atoms with Crippen LogP contribution in [0.15, 0.2) is 28.7 Å². The first-order chi connectivity index (χ1) is 12.4. The number of nitrogens with one attached hydrogen (secondary N) is 1. The molecule has 1 N–H and O–H groups in total. The van der Waals surface area contributed by atoms with E-state index in [-0.39, 0.29) is 29.7 Å². The molecule has 0 radical (unpaired) electrons. The van der Waals surface area contributed by atoms with E-state index in [9.17, 15) is 9.59 Å². The smallest absolute Gasteiger partial charge is 0.227 e. The molecule has 2 heterocycles. The Balaban J connectivity index is 1.57. The minimum atomic E-state index is -0.310. The van der Waals surface area contributed by atoms with Gasteiger partial charge in [0.25, 0.3) is 0 Å². The van der Waals surface area contributed by atoms with E-state index in [1.165, 1.54) is 0 Å². The number of carbonyl (C=O) groups excluding carboxylic acids is 2. The summed E-state index contributed by atoms with van der Waals surface area (Å²) < 4.78 is 6.26. The molecular formula is C19H26BrN3O3. The Morgan fingerprint density at radius 3 is 2.69 bits per heavy atom. The van der Waals surface area contributed by atoms with Crippen molar-refractivity contribution < 1.29 is 14.3 Å². The monoisotopic (exact) mass is 423 g/mol. The molecule has 1 aromatic carbocycles. The van der Waals surface area contributed by atoms with Crippen LogP contribution in [0.2, 0.25) is 0 Å². The summed E-state index contributed by atoms with van der Waals surface area (Å²) in [7, 11) is 0. The SMILES string of the molecule is CC(C)(CNC(=O)[C@@H]1CC(=O)N(c2ccccc2Br)C1)N1CCOCC1. The lowest BCUT2D eigenvalue weighted by atomic mass is 10.0. The zero-order valence-corrected chi connectivity index (χ0v) is 16.9. The summed E-state index contributed by atoms with van der Waals surface area (Å²) in [5.41, 5.74) is 0.686. The van der Waals surface area contributed by atoms with Gasteiger partial charge >= 0.3 is 0 Å². The lowest BCUT2D eigenvalue weighted by Crippen LogP contribution is -2.55. The lowest BCUT2D eigenvalue weighted by Gasteiger charge is -2.41. The van der Waals surface area contributed by atoms with Gasteiger partial charge in [-0.2, -0.15) is 0 Å². The zero-order chi connectivity index (χ0) is 18.7. The molecule has 1 atom stereocenters. The van der Waals surface area contributed by atoms with Crippen LogP contribution in [-0.2, 0) is 14.3 Å². The number of carbonyl (C=O) groups is 2. The van der Waals surface area contributed by atoms with Gasteiger partial charge in [0, 0.05) is 42.6 Å². The molecule has 2 aliphatic rings. The third-order valence-electron chi connectivity index (χ3n) is 5.20. The van der Waals surface area contributed by atoms with Crippen LogP contribution >= 0.6 is 15.9 Å². The second-order valence-corrected chi connectivity index (χ2v) is 8.34. The average Bonchev–Trinajstić information content (AvgIpc) is 3.02. The number of para-hydroxylation sites is 1.